The topological polar surface area (TPSA) is 83.1 Å². The predicted octanol–water partition coefficient (Wildman–Crippen LogP) is 5.10. The molecule has 1 aliphatic rings. The lowest BCUT2D eigenvalue weighted by molar-refractivity contribution is 0.475. The molecule has 2 aromatic carbocycles. The first kappa shape index (κ1) is 22.2. The number of benzene rings is 2. The van der Waals surface area contributed by atoms with Gasteiger partial charge in [-0.3, -0.25) is 4.99 Å². The number of rotatable bonds is 4. The molecule has 0 unspecified atom stereocenters. The van der Waals surface area contributed by atoms with E-state index in [-0.39, 0.29) is 11.6 Å². The minimum Gasteiger partial charge on any atom is -0.508 e. The first-order chi connectivity index (χ1) is 15.0. The van der Waals surface area contributed by atoms with Crippen LogP contribution < -0.4 is 0 Å². The minimum atomic E-state index is -0.319. The molecule has 0 aliphatic carbocycles. The Labute approximate surface area is 184 Å². The van der Waals surface area contributed by atoms with Gasteiger partial charge in [0.05, 0.1) is 11.3 Å². The Balaban J connectivity index is 0.000000179. The molecular formula is C23H22FN5OS. The Bertz CT molecular complexity index is 1160. The van der Waals surface area contributed by atoms with Gasteiger partial charge in [0.2, 0.25) is 0 Å². The van der Waals surface area contributed by atoms with E-state index in [2.05, 4.69) is 32.1 Å². The van der Waals surface area contributed by atoms with E-state index in [1.54, 1.807) is 54.9 Å². The number of aliphatic imine (C=N–C) groups is 3. The fourth-order valence-electron chi connectivity index (χ4n) is 2.68. The summed E-state index contributed by atoms with van der Waals surface area (Å²) in [7, 11) is 1.66. The highest BCUT2D eigenvalue weighted by Crippen LogP contribution is 2.25. The maximum atomic E-state index is 13.6. The van der Waals surface area contributed by atoms with Crippen LogP contribution in [0.15, 0.2) is 75.3 Å². The van der Waals surface area contributed by atoms with Crippen molar-refractivity contribution >= 4 is 29.1 Å². The third kappa shape index (κ3) is 5.55. The SMILES string of the molecule is C/C=C1/N=C(c2ccccc2F)N=C1C=NC.CCc1nnc(-c2ccc(O)cc2)s1. The van der Waals surface area contributed by atoms with Crippen LogP contribution in [0.5, 0.6) is 5.75 Å². The number of phenols is 1. The number of aryl methyl sites for hydroxylation is 1. The smallest absolute Gasteiger partial charge is 0.163 e. The highest BCUT2D eigenvalue weighted by atomic mass is 32.1. The summed E-state index contributed by atoms with van der Waals surface area (Å²) in [4.78, 5) is 12.5. The van der Waals surface area contributed by atoms with E-state index in [9.17, 15) is 4.39 Å². The maximum absolute atomic E-state index is 13.6. The number of phenolic OH excluding ortho intramolecular Hbond substituents is 1. The number of hydrogen-bond acceptors (Lipinski definition) is 7. The molecule has 31 heavy (non-hydrogen) atoms. The van der Waals surface area contributed by atoms with Gasteiger partial charge in [0.15, 0.2) is 5.84 Å². The van der Waals surface area contributed by atoms with E-state index in [1.165, 1.54) is 6.07 Å². The van der Waals surface area contributed by atoms with Gasteiger partial charge in [-0.2, -0.15) is 0 Å². The van der Waals surface area contributed by atoms with Gasteiger partial charge >= 0.3 is 0 Å². The normalized spacial score (nSPS) is 14.4. The van der Waals surface area contributed by atoms with Crippen LogP contribution in [-0.4, -0.2) is 40.1 Å². The molecule has 0 spiro atoms. The summed E-state index contributed by atoms with van der Waals surface area (Å²) in [6, 6.07) is 13.5. The quantitative estimate of drug-likeness (QED) is 0.579. The number of halogens is 1. The molecule has 1 aromatic heterocycles. The van der Waals surface area contributed by atoms with Crippen molar-refractivity contribution < 1.29 is 9.50 Å². The highest BCUT2D eigenvalue weighted by molar-refractivity contribution is 7.14. The third-order valence-corrected chi connectivity index (χ3v) is 5.35. The van der Waals surface area contributed by atoms with Gasteiger partial charge in [-0.1, -0.05) is 36.5 Å². The lowest BCUT2D eigenvalue weighted by Gasteiger charge is -1.97. The molecule has 0 saturated carbocycles. The second kappa shape index (κ2) is 10.5. The molecule has 1 aliphatic heterocycles. The fourth-order valence-corrected chi connectivity index (χ4v) is 3.46. The van der Waals surface area contributed by atoms with Crippen LogP contribution in [0.4, 0.5) is 4.39 Å². The fraction of sp³-hybridized carbons (Fsp3) is 0.174. The number of hydrogen-bond donors (Lipinski definition) is 1. The van der Waals surface area contributed by atoms with Gasteiger partial charge in [0.1, 0.15) is 27.3 Å². The molecule has 0 saturated heterocycles. The van der Waals surface area contributed by atoms with Gasteiger partial charge in [-0.15, -0.1) is 10.2 Å². The van der Waals surface area contributed by atoms with E-state index >= 15 is 0 Å². The van der Waals surface area contributed by atoms with Gasteiger partial charge in [0.25, 0.3) is 0 Å². The maximum Gasteiger partial charge on any atom is 0.163 e. The van der Waals surface area contributed by atoms with Gasteiger partial charge in [-0.25, -0.2) is 14.4 Å². The molecule has 4 rings (SSSR count). The average molecular weight is 436 g/mol. The summed E-state index contributed by atoms with van der Waals surface area (Å²) in [5, 5.41) is 19.2. The van der Waals surface area contributed by atoms with Crippen molar-refractivity contribution in [2.45, 2.75) is 20.3 Å². The van der Waals surface area contributed by atoms with Crippen LogP contribution in [0.1, 0.15) is 24.4 Å². The molecule has 0 fully saturated rings. The molecule has 0 radical (unpaired) electrons. The molecule has 8 heteroatoms. The Morgan fingerprint density at radius 1 is 1.06 bits per heavy atom. The molecule has 158 valence electrons. The van der Waals surface area contributed by atoms with E-state index in [0.717, 1.165) is 22.0 Å². The van der Waals surface area contributed by atoms with Crippen LogP contribution in [0.2, 0.25) is 0 Å². The van der Waals surface area contributed by atoms with E-state index in [1.807, 2.05) is 25.1 Å². The molecule has 3 aromatic rings. The number of aromatic hydroxyl groups is 1. The van der Waals surface area contributed by atoms with Crippen LogP contribution in [0.25, 0.3) is 10.6 Å². The van der Waals surface area contributed by atoms with Crippen LogP contribution in [0, 0.1) is 5.82 Å². The molecule has 0 bridgehead atoms. The number of aromatic nitrogens is 2. The summed E-state index contributed by atoms with van der Waals surface area (Å²) >= 11 is 1.59. The standard InChI is InChI=1S/C13H12FN3.C10H10N2OS/c1-3-11-12(8-15-2)17-13(16-11)9-6-4-5-7-10(9)14;1-2-9-11-12-10(14-9)7-3-5-8(13)6-4-7/h3-8H,1-2H3;3-6,13H,2H2,1H3/b11-3+,15-8?;. The van der Waals surface area contributed by atoms with Crippen molar-refractivity contribution in [2.24, 2.45) is 15.0 Å². The zero-order chi connectivity index (χ0) is 22.2. The van der Waals surface area contributed by atoms with Crippen LogP contribution >= 0.6 is 11.3 Å². The molecule has 1 N–H and O–H groups in total. The average Bonchev–Trinajstić information content (AvgIpc) is 3.42. The van der Waals surface area contributed by atoms with Crippen molar-refractivity contribution in [3.63, 3.8) is 0 Å². The summed E-state index contributed by atoms with van der Waals surface area (Å²) in [5.74, 6) is 0.347. The van der Waals surface area contributed by atoms with Crippen molar-refractivity contribution in [1.82, 2.24) is 10.2 Å². The number of amidine groups is 1. The van der Waals surface area contributed by atoms with Crippen molar-refractivity contribution in [3.05, 3.63) is 76.7 Å². The van der Waals surface area contributed by atoms with Gasteiger partial charge in [-0.05, 0) is 49.7 Å². The number of nitrogens with zero attached hydrogens (tertiary/aromatic N) is 5. The van der Waals surface area contributed by atoms with Crippen molar-refractivity contribution in [3.8, 4) is 16.3 Å². The zero-order valence-corrected chi connectivity index (χ0v) is 18.3. The molecule has 0 atom stereocenters. The van der Waals surface area contributed by atoms with E-state index in [0.29, 0.717) is 22.8 Å². The Morgan fingerprint density at radius 2 is 1.81 bits per heavy atom. The van der Waals surface area contributed by atoms with E-state index < -0.39 is 0 Å². The third-order valence-electron chi connectivity index (χ3n) is 4.24. The number of allylic oxidation sites excluding steroid dienone is 2. The Hall–Kier alpha value is -3.52. The second-order valence-electron chi connectivity index (χ2n) is 6.37. The minimum absolute atomic E-state index is 0.272. The van der Waals surface area contributed by atoms with Gasteiger partial charge in [0, 0.05) is 18.8 Å². The largest absolute Gasteiger partial charge is 0.508 e. The summed E-state index contributed by atoms with van der Waals surface area (Å²) in [6.45, 7) is 3.92. The molecule has 6 nitrogen and oxygen atoms in total. The monoisotopic (exact) mass is 435 g/mol. The van der Waals surface area contributed by atoms with Gasteiger partial charge < -0.3 is 5.11 Å². The molecule has 2 heterocycles. The first-order valence-electron chi connectivity index (χ1n) is 9.68. The zero-order valence-electron chi connectivity index (χ0n) is 17.5. The Kier molecular flexibility index (Phi) is 7.50. The summed E-state index contributed by atoms with van der Waals surface area (Å²) < 4.78 is 13.6. The summed E-state index contributed by atoms with van der Waals surface area (Å²) in [6.07, 6.45) is 4.36. The lowest BCUT2D eigenvalue weighted by atomic mass is 10.2. The lowest BCUT2D eigenvalue weighted by Crippen LogP contribution is -2.00. The molecular weight excluding hydrogens is 413 g/mol. The first-order valence-corrected chi connectivity index (χ1v) is 10.5. The molecule has 0 amide bonds. The van der Waals surface area contributed by atoms with Crippen LogP contribution in [0.3, 0.4) is 0 Å². The van der Waals surface area contributed by atoms with E-state index in [4.69, 9.17) is 5.11 Å². The summed E-state index contributed by atoms with van der Waals surface area (Å²) in [5.41, 5.74) is 2.79. The van der Waals surface area contributed by atoms with Crippen molar-refractivity contribution in [1.29, 1.82) is 0 Å². The highest BCUT2D eigenvalue weighted by Gasteiger charge is 2.17. The predicted molar refractivity (Wildman–Crippen MR) is 125 cm³/mol. The Morgan fingerprint density at radius 3 is 2.42 bits per heavy atom. The van der Waals surface area contributed by atoms with Crippen molar-refractivity contribution in [2.75, 3.05) is 7.05 Å². The second-order valence-corrected chi connectivity index (χ2v) is 7.44. The van der Waals surface area contributed by atoms with Crippen LogP contribution in [-0.2, 0) is 6.42 Å².